The summed E-state index contributed by atoms with van der Waals surface area (Å²) in [7, 11) is 0. The number of rotatable bonds is 0. The van der Waals surface area contributed by atoms with Gasteiger partial charge in [0.05, 0.1) is 0 Å². The molecule has 2 aromatic rings. The van der Waals surface area contributed by atoms with Crippen LogP contribution in [0.1, 0.15) is 17.9 Å². The van der Waals surface area contributed by atoms with Gasteiger partial charge in [0.1, 0.15) is 0 Å². The minimum atomic E-state index is 0.691. The third-order valence-electron chi connectivity index (χ3n) is 3.81. The van der Waals surface area contributed by atoms with Crippen molar-refractivity contribution in [2.75, 3.05) is 0 Å². The lowest BCUT2D eigenvalue weighted by Gasteiger charge is -2.47. The van der Waals surface area contributed by atoms with Gasteiger partial charge in [-0.3, -0.25) is 0 Å². The molecule has 0 radical (unpaired) electrons. The summed E-state index contributed by atoms with van der Waals surface area (Å²) >= 11 is 5.89. The maximum atomic E-state index is 3.84. The molecule has 1 aliphatic carbocycles. The second kappa shape index (κ2) is 3.27. The van der Waals surface area contributed by atoms with E-state index in [-0.39, 0.29) is 0 Å². The molecule has 5 rings (SSSR count). The SMILES string of the molecule is Br[C@@H]1C2CC1c1c(ccc3ccccc13)S2. The number of hydrogen-bond acceptors (Lipinski definition) is 1. The third kappa shape index (κ3) is 1.12. The summed E-state index contributed by atoms with van der Waals surface area (Å²) in [4.78, 5) is 2.20. The van der Waals surface area contributed by atoms with Gasteiger partial charge in [-0.2, -0.15) is 0 Å². The molecule has 2 bridgehead atoms. The van der Waals surface area contributed by atoms with Crippen LogP contribution in [0.5, 0.6) is 0 Å². The molecule has 0 saturated heterocycles. The molecule has 2 heteroatoms. The quantitative estimate of drug-likeness (QED) is 0.641. The van der Waals surface area contributed by atoms with E-state index in [4.69, 9.17) is 0 Å². The predicted molar refractivity (Wildman–Crippen MR) is 73.7 cm³/mol. The average Bonchev–Trinajstić information content (AvgIpc) is 2.37. The number of alkyl halides is 1. The Morgan fingerprint density at radius 1 is 1.12 bits per heavy atom. The fourth-order valence-corrected chi connectivity index (χ4v) is 5.39. The molecule has 3 atom stereocenters. The van der Waals surface area contributed by atoms with Gasteiger partial charge in [0.15, 0.2) is 0 Å². The summed E-state index contributed by atoms with van der Waals surface area (Å²) in [5.74, 6) is 0.743. The Bertz CT molecular complexity index is 578. The largest absolute Gasteiger partial charge is 0.121 e. The predicted octanol–water partition coefficient (Wildman–Crippen LogP) is 4.56. The van der Waals surface area contributed by atoms with Gasteiger partial charge >= 0.3 is 0 Å². The topological polar surface area (TPSA) is 0 Å². The van der Waals surface area contributed by atoms with Crippen molar-refractivity contribution < 1.29 is 0 Å². The molecule has 0 nitrogen and oxygen atoms in total. The first-order chi connectivity index (χ1) is 7.84. The summed E-state index contributed by atoms with van der Waals surface area (Å²) in [6, 6.07) is 13.3. The van der Waals surface area contributed by atoms with Crippen molar-refractivity contribution in [1.29, 1.82) is 0 Å². The summed E-state index contributed by atoms with van der Waals surface area (Å²) < 4.78 is 0. The summed E-state index contributed by atoms with van der Waals surface area (Å²) in [5.41, 5.74) is 1.59. The van der Waals surface area contributed by atoms with Crippen LogP contribution in [0, 0.1) is 0 Å². The molecule has 0 N–H and O–H groups in total. The van der Waals surface area contributed by atoms with Gasteiger partial charge in [-0.05, 0) is 28.8 Å². The van der Waals surface area contributed by atoms with Crippen LogP contribution in [0.3, 0.4) is 0 Å². The molecule has 0 amide bonds. The van der Waals surface area contributed by atoms with Crippen LogP contribution in [0.25, 0.3) is 10.8 Å². The smallest absolute Gasteiger partial charge is 0.0338 e. The van der Waals surface area contributed by atoms with E-state index in [1.54, 1.807) is 5.56 Å². The van der Waals surface area contributed by atoms with Crippen LogP contribution >= 0.6 is 27.7 Å². The Labute approximate surface area is 108 Å². The van der Waals surface area contributed by atoms with Gasteiger partial charge in [-0.1, -0.05) is 46.3 Å². The highest BCUT2D eigenvalue weighted by atomic mass is 79.9. The Kier molecular flexibility index (Phi) is 1.95. The Balaban J connectivity index is 2.06. The highest BCUT2D eigenvalue weighted by Gasteiger charge is 2.46. The molecular weight excluding hydrogens is 280 g/mol. The molecule has 2 unspecified atom stereocenters. The van der Waals surface area contributed by atoms with Crippen molar-refractivity contribution in [1.82, 2.24) is 0 Å². The summed E-state index contributed by atoms with van der Waals surface area (Å²) in [6.07, 6.45) is 1.35. The van der Waals surface area contributed by atoms with E-state index in [2.05, 4.69) is 64.1 Å². The monoisotopic (exact) mass is 290 g/mol. The lowest BCUT2D eigenvalue weighted by atomic mass is 9.77. The van der Waals surface area contributed by atoms with Crippen molar-refractivity contribution in [3.8, 4) is 0 Å². The van der Waals surface area contributed by atoms with E-state index >= 15 is 0 Å². The van der Waals surface area contributed by atoms with Gasteiger partial charge in [-0.15, -0.1) is 11.8 Å². The highest BCUT2D eigenvalue weighted by Crippen LogP contribution is 2.58. The Hall–Kier alpha value is -0.470. The van der Waals surface area contributed by atoms with E-state index in [9.17, 15) is 0 Å². The van der Waals surface area contributed by atoms with Gasteiger partial charge in [-0.25, -0.2) is 0 Å². The molecule has 1 saturated carbocycles. The lowest BCUT2D eigenvalue weighted by Crippen LogP contribution is -2.41. The summed E-state index contributed by atoms with van der Waals surface area (Å²) in [6.45, 7) is 0. The maximum Gasteiger partial charge on any atom is 0.0338 e. The molecule has 0 aromatic heterocycles. The van der Waals surface area contributed by atoms with Crippen LogP contribution in [0.2, 0.25) is 0 Å². The van der Waals surface area contributed by atoms with Crippen LogP contribution in [0.15, 0.2) is 41.3 Å². The van der Waals surface area contributed by atoms with Crippen molar-refractivity contribution in [3.63, 3.8) is 0 Å². The van der Waals surface area contributed by atoms with Crippen molar-refractivity contribution >= 4 is 38.5 Å². The Morgan fingerprint density at radius 2 is 2.00 bits per heavy atom. The van der Waals surface area contributed by atoms with Crippen LogP contribution in [-0.4, -0.2) is 10.1 Å². The standard InChI is InChI=1S/C14H11BrS/c15-14-10-7-12(14)16-11-6-5-8-3-1-2-4-9(8)13(10)11/h1-6,10,12,14H,7H2/t10?,12?,14-/m0/s1. The molecule has 2 heterocycles. The molecular formula is C14H11BrS. The molecule has 16 heavy (non-hydrogen) atoms. The lowest BCUT2D eigenvalue weighted by molar-refractivity contribution is 0.445. The number of benzene rings is 2. The third-order valence-corrected chi connectivity index (χ3v) is 6.83. The molecule has 80 valence electrons. The minimum Gasteiger partial charge on any atom is -0.121 e. The van der Waals surface area contributed by atoms with Crippen molar-refractivity contribution in [2.45, 2.75) is 27.3 Å². The van der Waals surface area contributed by atoms with Crippen molar-refractivity contribution in [3.05, 3.63) is 42.0 Å². The molecule has 2 aliphatic heterocycles. The zero-order valence-electron chi connectivity index (χ0n) is 8.69. The van der Waals surface area contributed by atoms with E-state index < -0.39 is 0 Å². The van der Waals surface area contributed by atoms with E-state index in [0.29, 0.717) is 4.83 Å². The number of halogens is 1. The average molecular weight is 291 g/mol. The number of hydrogen-bond donors (Lipinski definition) is 0. The van der Waals surface area contributed by atoms with Crippen LogP contribution < -0.4 is 0 Å². The molecule has 2 aromatic carbocycles. The van der Waals surface area contributed by atoms with Crippen LogP contribution in [0.4, 0.5) is 0 Å². The molecule has 0 spiro atoms. The van der Waals surface area contributed by atoms with E-state index in [0.717, 1.165) is 11.2 Å². The van der Waals surface area contributed by atoms with Crippen LogP contribution in [-0.2, 0) is 0 Å². The fraction of sp³-hybridized carbons (Fsp3) is 0.286. The maximum absolute atomic E-state index is 3.84. The second-order valence-corrected chi connectivity index (χ2v) is 6.98. The first-order valence-corrected chi connectivity index (χ1v) is 7.46. The van der Waals surface area contributed by atoms with Crippen molar-refractivity contribution in [2.24, 2.45) is 0 Å². The minimum absolute atomic E-state index is 0.691. The first kappa shape index (κ1) is 9.55. The van der Waals surface area contributed by atoms with E-state index in [1.807, 2.05) is 0 Å². The highest BCUT2D eigenvalue weighted by molar-refractivity contribution is 9.09. The fourth-order valence-electron chi connectivity index (χ4n) is 2.89. The normalized spacial score (nSPS) is 30.9. The van der Waals surface area contributed by atoms with Gasteiger partial charge < -0.3 is 0 Å². The molecule has 1 fully saturated rings. The Morgan fingerprint density at radius 3 is 2.88 bits per heavy atom. The van der Waals surface area contributed by atoms with E-state index in [1.165, 1.54) is 22.1 Å². The zero-order chi connectivity index (χ0) is 10.7. The van der Waals surface area contributed by atoms with Gasteiger partial charge in [0.2, 0.25) is 0 Å². The molecule has 3 aliphatic rings. The summed E-state index contributed by atoms with van der Waals surface area (Å²) in [5, 5.41) is 3.64. The second-order valence-electron chi connectivity index (χ2n) is 4.64. The number of thioether (sulfide) groups is 1. The van der Waals surface area contributed by atoms with Gasteiger partial charge in [0, 0.05) is 20.9 Å². The van der Waals surface area contributed by atoms with Gasteiger partial charge in [0.25, 0.3) is 0 Å². The zero-order valence-corrected chi connectivity index (χ0v) is 11.1. The number of fused-ring (bicyclic) bond motifs is 1. The first-order valence-electron chi connectivity index (χ1n) is 5.67.